The zero-order valence-electron chi connectivity index (χ0n) is 10.6. The minimum Gasteiger partial charge on any atom is -0.476 e. The molecule has 2 heterocycles. The van der Waals surface area contributed by atoms with Crippen LogP contribution in [0.1, 0.15) is 13.3 Å². The summed E-state index contributed by atoms with van der Waals surface area (Å²) in [5.41, 5.74) is 5.98. The van der Waals surface area contributed by atoms with Gasteiger partial charge >= 0.3 is 5.69 Å². The third kappa shape index (κ3) is 2.87. The lowest BCUT2D eigenvalue weighted by Gasteiger charge is -2.08. The van der Waals surface area contributed by atoms with Crippen molar-refractivity contribution in [2.24, 2.45) is 7.05 Å². The third-order valence-corrected chi connectivity index (χ3v) is 3.35. The fraction of sp³-hybridized carbons (Fsp3) is 0.400. The molecule has 3 N–H and O–H groups in total. The molecule has 102 valence electrons. The third-order valence-electron chi connectivity index (χ3n) is 2.28. The highest BCUT2D eigenvalue weighted by Crippen LogP contribution is 2.32. The second kappa shape index (κ2) is 5.74. The fourth-order valence-electron chi connectivity index (χ4n) is 1.27. The van der Waals surface area contributed by atoms with Gasteiger partial charge in [-0.2, -0.15) is 4.98 Å². The van der Waals surface area contributed by atoms with Crippen molar-refractivity contribution in [3.05, 3.63) is 16.8 Å². The lowest BCUT2D eigenvalue weighted by atomic mass is 10.5. The minimum absolute atomic E-state index is 0.294. The standard InChI is InChI=1S/C10H14N6O2S/c1-3-4-18-7-6(11)8(13-5-12-7)19-10-15-14-9(17)16(10)2/h5H,3-4,11H2,1-2H3,(H,14,17). The van der Waals surface area contributed by atoms with Crippen LogP contribution < -0.4 is 16.2 Å². The van der Waals surface area contributed by atoms with E-state index >= 15 is 0 Å². The van der Waals surface area contributed by atoms with Crippen LogP contribution >= 0.6 is 11.8 Å². The SMILES string of the molecule is CCCOc1ncnc(Sc2n[nH]c(=O)n2C)c1N. The number of aromatic amines is 1. The molecule has 2 rings (SSSR count). The maximum Gasteiger partial charge on any atom is 0.343 e. The van der Waals surface area contributed by atoms with Crippen molar-refractivity contribution in [2.45, 2.75) is 23.5 Å². The highest BCUT2D eigenvalue weighted by molar-refractivity contribution is 7.99. The maximum atomic E-state index is 11.3. The van der Waals surface area contributed by atoms with Crippen LogP contribution in [0.5, 0.6) is 5.88 Å². The Balaban J connectivity index is 2.25. The van der Waals surface area contributed by atoms with Crippen molar-refractivity contribution in [2.75, 3.05) is 12.3 Å². The van der Waals surface area contributed by atoms with Gasteiger partial charge in [-0.05, 0) is 18.2 Å². The minimum atomic E-state index is -0.294. The summed E-state index contributed by atoms with van der Waals surface area (Å²) in [6, 6.07) is 0. The van der Waals surface area contributed by atoms with E-state index in [1.54, 1.807) is 7.05 Å². The largest absolute Gasteiger partial charge is 0.476 e. The molecule has 9 heteroatoms. The molecule has 0 atom stereocenters. The highest BCUT2D eigenvalue weighted by atomic mass is 32.2. The Bertz CT molecular complexity index is 623. The van der Waals surface area contributed by atoms with Crippen LogP contribution in [0.25, 0.3) is 0 Å². The molecule has 0 aliphatic rings. The van der Waals surface area contributed by atoms with E-state index < -0.39 is 0 Å². The van der Waals surface area contributed by atoms with Gasteiger partial charge in [0.2, 0.25) is 5.88 Å². The number of hydrogen-bond acceptors (Lipinski definition) is 7. The number of H-pyrrole nitrogens is 1. The van der Waals surface area contributed by atoms with E-state index in [2.05, 4.69) is 20.2 Å². The molecule has 19 heavy (non-hydrogen) atoms. The Morgan fingerprint density at radius 3 is 2.95 bits per heavy atom. The van der Waals surface area contributed by atoms with Crippen LogP contribution in [-0.4, -0.2) is 31.3 Å². The zero-order valence-corrected chi connectivity index (χ0v) is 11.4. The van der Waals surface area contributed by atoms with E-state index in [9.17, 15) is 4.79 Å². The molecule has 0 unspecified atom stereocenters. The smallest absolute Gasteiger partial charge is 0.343 e. The van der Waals surface area contributed by atoms with Crippen molar-refractivity contribution in [1.82, 2.24) is 24.7 Å². The van der Waals surface area contributed by atoms with Crippen molar-refractivity contribution in [3.63, 3.8) is 0 Å². The van der Waals surface area contributed by atoms with Gasteiger partial charge in [0.15, 0.2) is 5.16 Å². The van der Waals surface area contributed by atoms with Gasteiger partial charge in [0, 0.05) is 7.05 Å². The first kappa shape index (κ1) is 13.4. The Kier molecular flexibility index (Phi) is 4.05. The maximum absolute atomic E-state index is 11.3. The monoisotopic (exact) mass is 282 g/mol. The molecule has 2 aromatic rings. The predicted molar refractivity (Wildman–Crippen MR) is 70.2 cm³/mol. The van der Waals surface area contributed by atoms with E-state index in [-0.39, 0.29) is 5.69 Å². The van der Waals surface area contributed by atoms with Crippen LogP contribution in [0.15, 0.2) is 21.3 Å². The highest BCUT2D eigenvalue weighted by Gasteiger charge is 2.14. The van der Waals surface area contributed by atoms with Gasteiger partial charge in [0.25, 0.3) is 0 Å². The average Bonchev–Trinajstić information content (AvgIpc) is 2.72. The number of anilines is 1. The zero-order chi connectivity index (χ0) is 13.8. The van der Waals surface area contributed by atoms with Crippen LogP contribution in [-0.2, 0) is 7.05 Å². The number of ether oxygens (including phenoxy) is 1. The molecule has 0 fully saturated rings. The van der Waals surface area contributed by atoms with Crippen molar-refractivity contribution >= 4 is 17.4 Å². The number of rotatable bonds is 5. The second-order valence-electron chi connectivity index (χ2n) is 3.72. The number of nitrogens with zero attached hydrogens (tertiary/aromatic N) is 4. The molecule has 0 radical (unpaired) electrons. The van der Waals surface area contributed by atoms with Gasteiger partial charge in [0.1, 0.15) is 17.0 Å². The van der Waals surface area contributed by atoms with Gasteiger partial charge in [-0.3, -0.25) is 4.57 Å². The molecular formula is C10H14N6O2S. The Labute approximate surface area is 113 Å². The summed E-state index contributed by atoms with van der Waals surface area (Å²) in [6.45, 7) is 2.53. The molecular weight excluding hydrogens is 268 g/mol. The van der Waals surface area contributed by atoms with E-state index in [4.69, 9.17) is 10.5 Å². The lowest BCUT2D eigenvalue weighted by Crippen LogP contribution is -2.13. The van der Waals surface area contributed by atoms with Gasteiger partial charge < -0.3 is 10.5 Å². The lowest BCUT2D eigenvalue weighted by molar-refractivity contribution is 0.305. The molecule has 0 saturated heterocycles. The Morgan fingerprint density at radius 1 is 1.53 bits per heavy atom. The first-order valence-corrected chi connectivity index (χ1v) is 6.47. The summed E-state index contributed by atoms with van der Waals surface area (Å²) in [4.78, 5) is 19.3. The molecule has 8 nitrogen and oxygen atoms in total. The summed E-state index contributed by atoms with van der Waals surface area (Å²) in [7, 11) is 1.61. The normalized spacial score (nSPS) is 10.6. The van der Waals surface area contributed by atoms with E-state index in [1.807, 2.05) is 6.92 Å². The molecule has 0 aromatic carbocycles. The topological polar surface area (TPSA) is 112 Å². The number of nitrogen functional groups attached to an aromatic ring is 1. The van der Waals surface area contributed by atoms with Gasteiger partial charge in [-0.15, -0.1) is 5.10 Å². The summed E-state index contributed by atoms with van der Waals surface area (Å²) >= 11 is 1.17. The number of nitrogens with two attached hydrogens (primary N) is 1. The number of nitrogens with one attached hydrogen (secondary N) is 1. The molecule has 0 spiro atoms. The van der Waals surface area contributed by atoms with Crippen LogP contribution in [0.3, 0.4) is 0 Å². The Morgan fingerprint density at radius 2 is 2.32 bits per heavy atom. The second-order valence-corrected chi connectivity index (χ2v) is 4.67. The van der Waals surface area contributed by atoms with Gasteiger partial charge in [-0.25, -0.2) is 14.9 Å². The van der Waals surface area contributed by atoms with E-state index in [1.165, 1.54) is 22.7 Å². The van der Waals surface area contributed by atoms with Gasteiger partial charge in [0.05, 0.1) is 6.61 Å². The van der Waals surface area contributed by atoms with E-state index in [0.717, 1.165) is 6.42 Å². The predicted octanol–water partition coefficient (Wildman–Crippen LogP) is 0.421. The molecule has 0 aliphatic heterocycles. The fourth-order valence-corrected chi connectivity index (χ4v) is 2.05. The van der Waals surface area contributed by atoms with Crippen molar-refractivity contribution in [3.8, 4) is 5.88 Å². The summed E-state index contributed by atoms with van der Waals surface area (Å²) in [6.07, 6.45) is 2.23. The summed E-state index contributed by atoms with van der Waals surface area (Å²) < 4.78 is 6.79. The van der Waals surface area contributed by atoms with Crippen molar-refractivity contribution < 1.29 is 4.74 Å². The molecule has 0 aliphatic carbocycles. The van der Waals surface area contributed by atoms with E-state index in [0.29, 0.717) is 28.4 Å². The van der Waals surface area contributed by atoms with Crippen LogP contribution in [0, 0.1) is 0 Å². The molecule has 0 saturated carbocycles. The van der Waals surface area contributed by atoms with Crippen molar-refractivity contribution in [1.29, 1.82) is 0 Å². The number of hydrogen-bond donors (Lipinski definition) is 2. The van der Waals surface area contributed by atoms with Crippen LogP contribution in [0.4, 0.5) is 5.69 Å². The Hall–Kier alpha value is -2.03. The molecule has 0 bridgehead atoms. The quantitative estimate of drug-likeness (QED) is 0.764. The number of aromatic nitrogens is 5. The average molecular weight is 282 g/mol. The van der Waals surface area contributed by atoms with Crippen LogP contribution in [0.2, 0.25) is 0 Å². The van der Waals surface area contributed by atoms with Gasteiger partial charge in [-0.1, -0.05) is 6.92 Å². The molecule has 0 amide bonds. The first-order chi connectivity index (χ1) is 9.13. The summed E-state index contributed by atoms with van der Waals surface area (Å²) in [5, 5.41) is 7.19. The first-order valence-electron chi connectivity index (χ1n) is 5.66. The summed E-state index contributed by atoms with van der Waals surface area (Å²) in [5.74, 6) is 0.347. The molecule has 2 aromatic heterocycles.